The molecule has 1 fully saturated rings. The molecule has 55 heavy (non-hydrogen) atoms. The van der Waals surface area contributed by atoms with Gasteiger partial charge in [-0.05, 0) is 138 Å². The van der Waals surface area contributed by atoms with Crippen LogP contribution in [0.5, 0.6) is 11.5 Å². The van der Waals surface area contributed by atoms with Gasteiger partial charge in [-0.2, -0.15) is 0 Å². The second-order valence-electron chi connectivity index (χ2n) is 16.1. The van der Waals surface area contributed by atoms with Crippen LogP contribution in [-0.2, 0) is 30.2 Å². The standard InChI is InChI=1S/C44H60ClN3O7/c1-30(2)54-40-27-38-33(25-39(40)51-8)26-41(49)48(43(38)32-11-13-34(45)14-12-32)37-19-17-36(18-20-37)47(7)28-31-9-15-35(16-10-31)46(6)21-22-52-23-24-53-29-42(50)55-44(3,4)5/h11-14,17-20,25,27,30-31,35,43H,9-10,15-16,21-24,26,28-29H2,1-8H3. The van der Waals surface area contributed by atoms with E-state index in [-0.39, 0.29) is 37.0 Å². The van der Waals surface area contributed by atoms with E-state index < -0.39 is 5.60 Å². The molecule has 0 bridgehead atoms. The molecule has 5 rings (SSSR count). The van der Waals surface area contributed by atoms with Crippen LogP contribution in [0.3, 0.4) is 0 Å². The predicted octanol–water partition coefficient (Wildman–Crippen LogP) is 8.12. The molecule has 0 radical (unpaired) electrons. The first-order valence-corrected chi connectivity index (χ1v) is 19.9. The van der Waals surface area contributed by atoms with Crippen LogP contribution in [0.2, 0.25) is 5.02 Å². The number of ether oxygens (including phenoxy) is 5. The summed E-state index contributed by atoms with van der Waals surface area (Å²) >= 11 is 6.31. The van der Waals surface area contributed by atoms with Crippen molar-refractivity contribution in [1.82, 2.24) is 4.90 Å². The molecular formula is C44H60ClN3O7. The van der Waals surface area contributed by atoms with E-state index in [1.54, 1.807) is 7.11 Å². The molecule has 3 aromatic rings. The van der Waals surface area contributed by atoms with Gasteiger partial charge in [-0.3, -0.25) is 4.79 Å². The Labute approximate surface area is 332 Å². The van der Waals surface area contributed by atoms with Crippen molar-refractivity contribution in [3.05, 3.63) is 82.4 Å². The van der Waals surface area contributed by atoms with Crippen LogP contribution in [0.4, 0.5) is 11.4 Å². The molecule has 3 aromatic carbocycles. The normalized spacial score (nSPS) is 18.7. The van der Waals surface area contributed by atoms with Gasteiger partial charge in [0.2, 0.25) is 5.91 Å². The van der Waals surface area contributed by atoms with Crippen LogP contribution in [0.1, 0.15) is 83.0 Å². The first kappa shape index (κ1) is 42.3. The Balaban J connectivity index is 1.14. The lowest BCUT2D eigenvalue weighted by Crippen LogP contribution is -2.41. The van der Waals surface area contributed by atoms with Gasteiger partial charge in [0.05, 0.1) is 45.5 Å². The summed E-state index contributed by atoms with van der Waals surface area (Å²) in [6.07, 6.45) is 4.89. The number of fused-ring (bicyclic) bond motifs is 1. The van der Waals surface area contributed by atoms with Gasteiger partial charge in [0.25, 0.3) is 0 Å². The molecule has 10 nitrogen and oxygen atoms in total. The summed E-state index contributed by atoms with van der Waals surface area (Å²) in [4.78, 5) is 32.4. The van der Waals surface area contributed by atoms with Crippen LogP contribution < -0.4 is 19.3 Å². The molecule has 0 N–H and O–H groups in total. The van der Waals surface area contributed by atoms with Crippen molar-refractivity contribution >= 4 is 34.9 Å². The van der Waals surface area contributed by atoms with E-state index >= 15 is 0 Å². The molecule has 2 aliphatic rings. The highest BCUT2D eigenvalue weighted by Crippen LogP contribution is 2.44. The number of carbonyl (C=O) groups excluding carboxylic acids is 2. The Kier molecular flexibility index (Phi) is 14.9. The molecule has 0 spiro atoms. The number of methoxy groups -OCH3 is 1. The number of esters is 1. The first-order valence-electron chi connectivity index (χ1n) is 19.6. The Bertz CT molecular complexity index is 1700. The molecule has 1 aliphatic carbocycles. The quantitative estimate of drug-likeness (QED) is 0.0997. The number of likely N-dealkylation sites (N-methyl/N-ethyl adjacent to an activating group) is 1. The van der Waals surface area contributed by atoms with Crippen molar-refractivity contribution in [3.63, 3.8) is 0 Å². The van der Waals surface area contributed by atoms with Crippen LogP contribution in [0.15, 0.2) is 60.7 Å². The number of hydrogen-bond donors (Lipinski definition) is 0. The summed E-state index contributed by atoms with van der Waals surface area (Å²) in [6.45, 7) is 12.7. The third-order valence-corrected chi connectivity index (χ3v) is 10.5. The molecule has 0 aromatic heterocycles. The fraction of sp³-hybridized carbons (Fsp3) is 0.545. The van der Waals surface area contributed by atoms with Crippen LogP contribution >= 0.6 is 11.6 Å². The summed E-state index contributed by atoms with van der Waals surface area (Å²) < 4.78 is 28.2. The van der Waals surface area contributed by atoms with Crippen LogP contribution in [0, 0.1) is 5.92 Å². The second-order valence-corrected chi connectivity index (χ2v) is 16.5. The summed E-state index contributed by atoms with van der Waals surface area (Å²) in [5.41, 5.74) is 4.37. The number of nitrogens with zero attached hydrogens (tertiary/aromatic N) is 3. The molecule has 1 unspecified atom stereocenters. The fourth-order valence-corrected chi connectivity index (χ4v) is 7.72. The highest BCUT2D eigenvalue weighted by atomic mass is 35.5. The lowest BCUT2D eigenvalue weighted by atomic mass is 9.85. The summed E-state index contributed by atoms with van der Waals surface area (Å²) in [7, 11) is 5.96. The minimum Gasteiger partial charge on any atom is -0.493 e. The van der Waals surface area contributed by atoms with E-state index in [9.17, 15) is 9.59 Å². The minimum atomic E-state index is -0.509. The Morgan fingerprint density at radius 2 is 1.58 bits per heavy atom. The number of benzene rings is 3. The van der Waals surface area contributed by atoms with Gasteiger partial charge in [0, 0.05) is 42.6 Å². The number of rotatable bonds is 17. The van der Waals surface area contributed by atoms with Crippen molar-refractivity contribution in [2.45, 2.75) is 90.5 Å². The van der Waals surface area contributed by atoms with Gasteiger partial charge >= 0.3 is 5.97 Å². The molecule has 300 valence electrons. The van der Waals surface area contributed by atoms with Crippen molar-refractivity contribution < 1.29 is 33.3 Å². The molecule has 1 atom stereocenters. The third kappa shape index (κ3) is 11.8. The highest BCUT2D eigenvalue weighted by molar-refractivity contribution is 6.30. The monoisotopic (exact) mass is 777 g/mol. The Hall–Kier alpha value is -3.83. The predicted molar refractivity (Wildman–Crippen MR) is 219 cm³/mol. The van der Waals surface area contributed by atoms with E-state index in [1.165, 1.54) is 12.8 Å². The van der Waals surface area contributed by atoms with Crippen molar-refractivity contribution in [2.75, 3.05) is 70.5 Å². The van der Waals surface area contributed by atoms with Crippen LogP contribution in [0.25, 0.3) is 0 Å². The average Bonchev–Trinajstić information content (AvgIpc) is 3.13. The zero-order valence-corrected chi connectivity index (χ0v) is 34.7. The average molecular weight is 778 g/mol. The molecule has 0 saturated heterocycles. The number of amides is 1. The lowest BCUT2D eigenvalue weighted by molar-refractivity contribution is -0.160. The fourth-order valence-electron chi connectivity index (χ4n) is 7.60. The van der Waals surface area contributed by atoms with Crippen molar-refractivity contribution in [3.8, 4) is 11.5 Å². The number of halogens is 1. The summed E-state index contributed by atoms with van der Waals surface area (Å²) in [5, 5.41) is 0.645. The van der Waals surface area contributed by atoms with E-state index in [2.05, 4.69) is 48.2 Å². The number of hydrogen-bond acceptors (Lipinski definition) is 9. The summed E-state index contributed by atoms with van der Waals surface area (Å²) in [5.74, 6) is 1.56. The molecule has 1 amide bonds. The van der Waals surface area contributed by atoms with Gasteiger partial charge in [-0.1, -0.05) is 23.7 Å². The molecular weight excluding hydrogens is 718 g/mol. The van der Waals surface area contributed by atoms with Gasteiger partial charge in [-0.15, -0.1) is 0 Å². The van der Waals surface area contributed by atoms with Gasteiger partial charge in [0.15, 0.2) is 11.5 Å². The largest absolute Gasteiger partial charge is 0.493 e. The van der Waals surface area contributed by atoms with E-state index in [0.717, 1.165) is 54.0 Å². The molecule has 1 saturated carbocycles. The topological polar surface area (TPSA) is 90.0 Å². The molecule has 1 heterocycles. The first-order chi connectivity index (χ1) is 26.2. The zero-order chi connectivity index (χ0) is 39.7. The van der Waals surface area contributed by atoms with E-state index in [1.807, 2.05) is 75.9 Å². The zero-order valence-electron chi connectivity index (χ0n) is 33.9. The highest BCUT2D eigenvalue weighted by Gasteiger charge is 2.36. The van der Waals surface area contributed by atoms with Crippen molar-refractivity contribution in [1.29, 1.82) is 0 Å². The van der Waals surface area contributed by atoms with Gasteiger partial charge in [0.1, 0.15) is 12.2 Å². The van der Waals surface area contributed by atoms with Crippen molar-refractivity contribution in [2.24, 2.45) is 5.92 Å². The molecule has 1 aliphatic heterocycles. The Morgan fingerprint density at radius 1 is 0.909 bits per heavy atom. The maximum absolute atomic E-state index is 14.0. The number of carbonyl (C=O) groups is 2. The van der Waals surface area contributed by atoms with Crippen LogP contribution in [-0.4, -0.2) is 95.2 Å². The SMILES string of the molecule is COc1cc2c(cc1OC(C)C)C(c1ccc(Cl)cc1)N(c1ccc(N(C)CC3CCC(N(C)CCOCCOCC(=O)OC(C)(C)C)CC3)cc1)C(=O)C2. The minimum absolute atomic E-state index is 0.0192. The third-order valence-electron chi connectivity index (χ3n) is 10.3. The maximum atomic E-state index is 14.0. The van der Waals surface area contributed by atoms with Gasteiger partial charge in [-0.25, -0.2) is 4.79 Å². The van der Waals surface area contributed by atoms with E-state index in [0.29, 0.717) is 48.3 Å². The lowest BCUT2D eigenvalue weighted by Gasteiger charge is -2.38. The Morgan fingerprint density at radius 3 is 2.22 bits per heavy atom. The second kappa shape index (κ2) is 19.4. The number of anilines is 2. The summed E-state index contributed by atoms with van der Waals surface area (Å²) in [6, 6.07) is 20.3. The van der Waals surface area contributed by atoms with Gasteiger partial charge < -0.3 is 38.4 Å². The molecule has 11 heteroatoms. The maximum Gasteiger partial charge on any atom is 0.332 e. The smallest absolute Gasteiger partial charge is 0.332 e. The van der Waals surface area contributed by atoms with E-state index in [4.69, 9.17) is 35.3 Å².